The maximum absolute atomic E-state index is 12.8. The number of aryl methyl sites for hydroxylation is 1. The molecule has 1 aromatic rings. The third-order valence-electron chi connectivity index (χ3n) is 7.60. The van der Waals surface area contributed by atoms with Gasteiger partial charge in [0.2, 0.25) is 0 Å². The molecule has 4 atom stereocenters. The molecule has 0 spiro atoms. The fourth-order valence-corrected chi connectivity index (χ4v) is 5.70. The van der Waals surface area contributed by atoms with Crippen LogP contribution in [-0.4, -0.2) is 23.7 Å². The average Bonchev–Trinajstić information content (AvgIpc) is 3.21. The molecule has 0 saturated heterocycles. The first-order valence-corrected chi connectivity index (χ1v) is 11.0. The minimum absolute atomic E-state index is 0.0142. The number of carbonyl (C=O) groups excluding carboxylic acids is 1. The average molecular weight is 415 g/mol. The monoisotopic (exact) mass is 414 g/mol. The van der Waals surface area contributed by atoms with Crippen molar-refractivity contribution >= 4 is 11.9 Å². The van der Waals surface area contributed by atoms with E-state index in [0.29, 0.717) is 12.3 Å². The topological polar surface area (TPSA) is 76.7 Å². The standard InChI is InChI=1S/C25H34O5/c1-17(2)14-22(26)30-16-20-6-5-7-21-24(4,11-9-19-10-13-29-15-19)18(3)8-12-25(20,21)23(27)28/h6,10,13-15,18,21H,5,7-9,11-12,16H2,1-4H3,(H,27,28). The number of allylic oxidation sites excluding steroid dienone is 2. The van der Waals surface area contributed by atoms with Gasteiger partial charge in [-0.15, -0.1) is 0 Å². The molecule has 1 fully saturated rings. The Morgan fingerprint density at radius 2 is 2.10 bits per heavy atom. The normalized spacial score (nSPS) is 30.7. The molecule has 164 valence electrons. The fraction of sp³-hybridized carbons (Fsp3) is 0.600. The van der Waals surface area contributed by atoms with Crippen LogP contribution in [0.5, 0.6) is 0 Å². The van der Waals surface area contributed by atoms with Crippen molar-refractivity contribution < 1.29 is 23.8 Å². The summed E-state index contributed by atoms with van der Waals surface area (Å²) in [6.07, 6.45) is 11.8. The summed E-state index contributed by atoms with van der Waals surface area (Å²) < 4.78 is 10.7. The van der Waals surface area contributed by atoms with Crippen LogP contribution < -0.4 is 0 Å². The van der Waals surface area contributed by atoms with E-state index < -0.39 is 17.4 Å². The minimum atomic E-state index is -0.957. The molecule has 1 aromatic heterocycles. The van der Waals surface area contributed by atoms with E-state index in [4.69, 9.17) is 9.15 Å². The van der Waals surface area contributed by atoms with Gasteiger partial charge in [0.1, 0.15) is 6.61 Å². The number of ether oxygens (including phenoxy) is 1. The van der Waals surface area contributed by atoms with Crippen LogP contribution in [0.2, 0.25) is 0 Å². The molecule has 0 aromatic carbocycles. The van der Waals surface area contributed by atoms with Crippen LogP contribution >= 0.6 is 0 Å². The number of carboxylic acid groups (broad SMARTS) is 1. The van der Waals surface area contributed by atoms with Crippen molar-refractivity contribution in [3.05, 3.63) is 47.5 Å². The second kappa shape index (κ2) is 8.83. The van der Waals surface area contributed by atoms with Gasteiger partial charge >= 0.3 is 11.9 Å². The molecule has 30 heavy (non-hydrogen) atoms. The van der Waals surface area contributed by atoms with Gasteiger partial charge in [0, 0.05) is 6.08 Å². The van der Waals surface area contributed by atoms with Crippen LogP contribution in [0.15, 0.2) is 46.3 Å². The Morgan fingerprint density at radius 1 is 1.33 bits per heavy atom. The smallest absolute Gasteiger partial charge is 0.330 e. The lowest BCUT2D eigenvalue weighted by molar-refractivity contribution is -0.164. The van der Waals surface area contributed by atoms with Crippen LogP contribution in [0.1, 0.15) is 65.4 Å². The quantitative estimate of drug-likeness (QED) is 0.359. The first-order valence-electron chi connectivity index (χ1n) is 11.0. The summed E-state index contributed by atoms with van der Waals surface area (Å²) in [6, 6.07) is 1.98. The Kier molecular flexibility index (Phi) is 6.59. The molecule has 0 aliphatic heterocycles. The second-order valence-electron chi connectivity index (χ2n) is 9.54. The number of carboxylic acids is 1. The van der Waals surface area contributed by atoms with Crippen molar-refractivity contribution in [3.63, 3.8) is 0 Å². The van der Waals surface area contributed by atoms with E-state index in [9.17, 15) is 14.7 Å². The molecular formula is C25H34O5. The summed E-state index contributed by atoms with van der Waals surface area (Å²) >= 11 is 0. The van der Waals surface area contributed by atoms with Gasteiger partial charge in [-0.1, -0.05) is 25.5 Å². The molecule has 1 saturated carbocycles. The van der Waals surface area contributed by atoms with E-state index in [1.165, 1.54) is 6.08 Å². The molecule has 1 N–H and O–H groups in total. The maximum atomic E-state index is 12.8. The molecule has 0 amide bonds. The number of furan rings is 1. The van der Waals surface area contributed by atoms with Crippen LogP contribution in [0.25, 0.3) is 0 Å². The van der Waals surface area contributed by atoms with Crippen molar-refractivity contribution in [2.75, 3.05) is 6.61 Å². The largest absolute Gasteiger partial charge is 0.481 e. The summed E-state index contributed by atoms with van der Waals surface area (Å²) in [5.74, 6) is -0.752. The lowest BCUT2D eigenvalue weighted by Crippen LogP contribution is -2.55. The third-order valence-corrected chi connectivity index (χ3v) is 7.60. The highest BCUT2D eigenvalue weighted by Gasteiger charge is 2.60. The zero-order chi connectivity index (χ0) is 21.9. The van der Waals surface area contributed by atoms with E-state index in [0.717, 1.165) is 48.8 Å². The van der Waals surface area contributed by atoms with E-state index in [1.54, 1.807) is 12.5 Å². The Hall–Kier alpha value is -2.30. The fourth-order valence-electron chi connectivity index (χ4n) is 5.70. The van der Waals surface area contributed by atoms with E-state index in [-0.39, 0.29) is 17.9 Å². The SMILES string of the molecule is CC(C)=CC(=O)OCC1=CCCC2C1(C(=O)O)CCC(C)C2(C)CCc1ccoc1. The van der Waals surface area contributed by atoms with Gasteiger partial charge in [-0.2, -0.15) is 0 Å². The summed E-state index contributed by atoms with van der Waals surface area (Å²) in [5.41, 5.74) is 1.71. The van der Waals surface area contributed by atoms with Crippen molar-refractivity contribution in [2.24, 2.45) is 22.7 Å². The van der Waals surface area contributed by atoms with Crippen LogP contribution in [0.4, 0.5) is 0 Å². The highest BCUT2D eigenvalue weighted by atomic mass is 16.5. The number of hydrogen-bond donors (Lipinski definition) is 1. The molecule has 1 heterocycles. The third kappa shape index (κ3) is 4.12. The zero-order valence-corrected chi connectivity index (χ0v) is 18.6. The van der Waals surface area contributed by atoms with Gasteiger partial charge in [-0.3, -0.25) is 4.79 Å². The molecular weight excluding hydrogens is 380 g/mol. The number of carbonyl (C=O) groups is 2. The van der Waals surface area contributed by atoms with Gasteiger partial charge in [-0.25, -0.2) is 4.79 Å². The van der Waals surface area contributed by atoms with Gasteiger partial charge in [-0.05, 0) is 86.8 Å². The zero-order valence-electron chi connectivity index (χ0n) is 18.6. The summed E-state index contributed by atoms with van der Waals surface area (Å²) in [6.45, 7) is 8.25. The molecule has 4 unspecified atom stereocenters. The predicted octanol–water partition coefficient (Wildman–Crippen LogP) is 5.57. The van der Waals surface area contributed by atoms with Crippen molar-refractivity contribution in [2.45, 2.75) is 66.2 Å². The highest BCUT2D eigenvalue weighted by Crippen LogP contribution is 2.62. The number of aliphatic carboxylic acids is 1. The molecule has 2 aliphatic rings. The Morgan fingerprint density at radius 3 is 2.73 bits per heavy atom. The number of esters is 1. The second-order valence-corrected chi connectivity index (χ2v) is 9.54. The van der Waals surface area contributed by atoms with E-state index >= 15 is 0 Å². The summed E-state index contributed by atoms with van der Waals surface area (Å²) in [5, 5.41) is 10.5. The summed E-state index contributed by atoms with van der Waals surface area (Å²) in [4.78, 5) is 24.8. The number of hydrogen-bond acceptors (Lipinski definition) is 4. The number of fused-ring (bicyclic) bond motifs is 1. The molecule has 3 rings (SSSR count). The summed E-state index contributed by atoms with van der Waals surface area (Å²) in [7, 11) is 0. The lowest BCUT2D eigenvalue weighted by Gasteiger charge is -2.57. The van der Waals surface area contributed by atoms with Crippen LogP contribution in [-0.2, 0) is 20.7 Å². The minimum Gasteiger partial charge on any atom is -0.481 e. The van der Waals surface area contributed by atoms with E-state index in [2.05, 4.69) is 13.8 Å². The maximum Gasteiger partial charge on any atom is 0.330 e. The first kappa shape index (κ1) is 22.4. The molecule has 5 heteroatoms. The predicted molar refractivity (Wildman–Crippen MR) is 115 cm³/mol. The molecule has 0 bridgehead atoms. The lowest BCUT2D eigenvalue weighted by atomic mass is 9.46. The number of rotatable bonds is 7. The molecule has 2 aliphatic carbocycles. The van der Waals surface area contributed by atoms with E-state index in [1.807, 2.05) is 26.0 Å². The van der Waals surface area contributed by atoms with Crippen molar-refractivity contribution in [3.8, 4) is 0 Å². The Labute approximate surface area is 179 Å². The van der Waals surface area contributed by atoms with Gasteiger partial charge in [0.15, 0.2) is 0 Å². The van der Waals surface area contributed by atoms with Crippen LogP contribution in [0, 0.1) is 22.7 Å². The first-order chi connectivity index (χ1) is 14.2. The van der Waals surface area contributed by atoms with Crippen molar-refractivity contribution in [1.29, 1.82) is 0 Å². The van der Waals surface area contributed by atoms with Crippen LogP contribution in [0.3, 0.4) is 0 Å². The van der Waals surface area contributed by atoms with Gasteiger partial charge in [0.05, 0.1) is 17.9 Å². The highest BCUT2D eigenvalue weighted by molar-refractivity contribution is 5.83. The Balaban J connectivity index is 1.88. The molecule has 0 radical (unpaired) electrons. The van der Waals surface area contributed by atoms with Gasteiger partial charge < -0.3 is 14.3 Å². The molecule has 5 nitrogen and oxygen atoms in total. The van der Waals surface area contributed by atoms with Crippen molar-refractivity contribution in [1.82, 2.24) is 0 Å². The Bertz CT molecular complexity index is 830. The van der Waals surface area contributed by atoms with Gasteiger partial charge in [0.25, 0.3) is 0 Å².